The number of hydrogen-bond acceptors (Lipinski definition) is 4. The molecule has 0 aliphatic rings. The first-order chi connectivity index (χ1) is 40.4. The molecule has 0 aliphatic carbocycles. The van der Waals surface area contributed by atoms with Crippen molar-refractivity contribution in [1.29, 1.82) is 0 Å². The fraction of sp³-hybridized carbons (Fsp3) is 0.138. The predicted octanol–water partition coefficient (Wildman–Crippen LogP) is 14.9. The Morgan fingerprint density at radius 3 is 0.727 bits per heavy atom. The Morgan fingerprint density at radius 2 is 0.523 bits per heavy atom. The second-order valence-corrected chi connectivity index (χ2v) is 25.2. The van der Waals surface area contributed by atoms with E-state index in [1.807, 2.05) is 97.1 Å². The number of allylic oxidation sites excluding steroid dienone is 2. The van der Waals surface area contributed by atoms with Gasteiger partial charge in [0.05, 0.1) is 54.3 Å². The molecule has 30 heteroatoms. The van der Waals surface area contributed by atoms with Crippen molar-refractivity contribution in [2.24, 2.45) is 0 Å². The lowest BCUT2D eigenvalue weighted by Gasteiger charge is -2.46. The van der Waals surface area contributed by atoms with Crippen LogP contribution < -0.4 is 43.1 Å². The molecule has 2 aromatic heterocycles. The smallest absolute Gasteiger partial charge is 0.288 e. The summed E-state index contributed by atoms with van der Waals surface area (Å²) in [5, 5.41) is 0. The van der Waals surface area contributed by atoms with E-state index in [1.54, 1.807) is 34.8 Å². The molecule has 0 aliphatic heterocycles. The topological polar surface area (TPSA) is 34.1 Å². The third-order valence-corrected chi connectivity index (χ3v) is 18.6. The Morgan fingerprint density at radius 1 is 0.307 bits per heavy atom. The molecule has 0 spiro atoms. The molecule has 0 saturated carbocycles. The van der Waals surface area contributed by atoms with Crippen molar-refractivity contribution < 1.29 is 136 Å². The number of carbonyl (C=O) groups excluding carboxylic acids is 2. The lowest BCUT2D eigenvalue weighted by molar-refractivity contribution is -0.585. The maximum absolute atomic E-state index is 14.2. The van der Waals surface area contributed by atoms with Crippen molar-refractivity contribution in [3.05, 3.63) is 241 Å². The lowest BCUT2D eigenvalue weighted by Crippen LogP contribution is -3.61. The van der Waals surface area contributed by atoms with Crippen LogP contribution in [0.3, 0.4) is 0 Å². The first-order valence-corrected chi connectivity index (χ1v) is 28.0. The highest BCUT2D eigenvalue weighted by Gasteiger charge is 2.47. The highest BCUT2D eigenvalue weighted by atomic mass is 127. The van der Waals surface area contributed by atoms with Crippen molar-refractivity contribution in [3.63, 3.8) is 0 Å². The van der Waals surface area contributed by atoms with E-state index in [9.17, 15) is 115 Å². The maximum Gasteiger partial charge on any atom is 0.416 e. The van der Waals surface area contributed by atoms with E-state index in [0.717, 1.165) is 20.9 Å². The average molecular weight is 1420 g/mol. The summed E-state index contributed by atoms with van der Waals surface area (Å²) in [5.41, 5.74) is -28.2. The van der Waals surface area contributed by atoms with Gasteiger partial charge in [0, 0.05) is 12.1 Å². The highest BCUT2D eigenvalue weighted by molar-refractivity contribution is 7.20. The fourth-order valence-electron chi connectivity index (χ4n) is 8.79. The van der Waals surface area contributed by atoms with E-state index in [4.69, 9.17) is 0 Å². The number of ketones is 2. The molecule has 8 aromatic rings. The Balaban J connectivity index is 0.000000298. The van der Waals surface area contributed by atoms with Crippen LogP contribution in [-0.2, 0) is 49.4 Å². The minimum Gasteiger partial charge on any atom is -0.288 e. The monoisotopic (exact) mass is 1420 g/mol. The van der Waals surface area contributed by atoms with Crippen molar-refractivity contribution in [2.45, 2.75) is 49.4 Å². The van der Waals surface area contributed by atoms with Gasteiger partial charge in [0.2, 0.25) is 5.77 Å². The molecule has 0 fully saturated rings. The van der Waals surface area contributed by atoms with Crippen LogP contribution in [-0.4, -0.2) is 17.7 Å². The van der Waals surface area contributed by atoms with Gasteiger partial charge in [-0.2, -0.15) is 127 Å². The van der Waals surface area contributed by atoms with E-state index in [-0.39, 0.29) is 11.6 Å². The van der Waals surface area contributed by atoms with Crippen LogP contribution in [0.5, 0.6) is 0 Å². The zero-order chi connectivity index (χ0) is 65.4. The first kappa shape index (κ1) is 68.2. The van der Waals surface area contributed by atoms with Crippen molar-refractivity contribution in [3.8, 4) is 0 Å². The number of alkyl halides is 24. The third-order valence-electron chi connectivity index (χ3n) is 12.7. The summed E-state index contributed by atoms with van der Waals surface area (Å²) in [6.45, 7) is 0. The van der Waals surface area contributed by atoms with E-state index < -0.39 is 216 Å². The highest BCUT2D eigenvalue weighted by Crippen LogP contribution is 2.41. The average Bonchev–Trinajstić information content (AvgIpc) is 0.867. The van der Waals surface area contributed by atoms with Gasteiger partial charge in [0.15, 0.2) is 11.6 Å². The van der Waals surface area contributed by atoms with Crippen LogP contribution >= 0.6 is 22.7 Å². The number of rotatable bonds is 12. The van der Waals surface area contributed by atoms with Crippen molar-refractivity contribution in [2.75, 3.05) is 0 Å². The minimum atomic E-state index is -6.13. The Hall–Kier alpha value is -7.35. The molecule has 2 heterocycles. The van der Waals surface area contributed by atoms with Gasteiger partial charge in [0.25, 0.3) is 0 Å². The third kappa shape index (κ3) is 16.7. The second kappa shape index (κ2) is 25.3. The van der Waals surface area contributed by atoms with Crippen LogP contribution in [0.1, 0.15) is 75.0 Å². The number of benzene rings is 6. The standard InChI is InChI=1S/C32H12BF24.C26H18IO2S2/c34-25(35,36)13-1-14(26(37,38)39)6-21(5-13)33(22-7-15(27(40,41)42)2-16(8-22)28(43,44)45,23-9-17(29(46,47)48)3-18(10-23)30(49,50)51)24-11-19(31(52,53)54)4-20(12-24)32(55,56)57;28-21(13-11-19-7-3-1-4-8-19)23-15-17-25(30-23)27-26-18-16-24(31-26)22(29)14-12-20-9-5-2-6-10-20/h1-12H;1-18H/q-1;+1. The molecule has 0 radical (unpaired) electrons. The number of halogens is 25. The largest absolute Gasteiger partial charge is 0.416 e. The van der Waals surface area contributed by atoms with E-state index in [0.29, 0.717) is 0 Å². The van der Waals surface area contributed by atoms with Gasteiger partial charge in [-0.1, -0.05) is 144 Å². The zero-order valence-electron chi connectivity index (χ0n) is 43.0. The number of hydrogen-bond donors (Lipinski definition) is 0. The Labute approximate surface area is 498 Å². The van der Waals surface area contributed by atoms with Crippen molar-refractivity contribution in [1.82, 2.24) is 0 Å². The molecule has 2 nitrogen and oxygen atoms in total. The van der Waals surface area contributed by atoms with Gasteiger partial charge in [0.1, 0.15) is 6.15 Å². The summed E-state index contributed by atoms with van der Waals surface area (Å²) >= 11 is 2.70. The molecule has 0 unspecified atom stereocenters. The fourth-order valence-corrected chi connectivity index (χ4v) is 14.9. The van der Waals surface area contributed by atoms with Gasteiger partial charge in [-0.05, 0) is 59.7 Å². The van der Waals surface area contributed by atoms with Gasteiger partial charge in [-0.25, -0.2) is 0 Å². The summed E-state index contributed by atoms with van der Waals surface area (Å²) < 4.78 is 343. The normalized spacial score (nSPS) is 13.3. The van der Waals surface area contributed by atoms with Crippen LogP contribution in [0.2, 0.25) is 0 Å². The van der Waals surface area contributed by atoms with Crippen LogP contribution in [0.15, 0.2) is 170 Å². The molecule has 0 amide bonds. The quantitative estimate of drug-likeness (QED) is 0.0402. The number of carbonyl (C=O) groups is 2. The molecular formula is C58H30BF24IO2S2. The summed E-state index contributed by atoms with van der Waals surface area (Å²) in [6, 6.07) is 18.7. The zero-order valence-corrected chi connectivity index (χ0v) is 46.8. The van der Waals surface area contributed by atoms with Gasteiger partial charge in [-0.3, -0.25) is 9.59 Å². The second-order valence-electron chi connectivity index (χ2n) is 18.7. The summed E-state index contributed by atoms with van der Waals surface area (Å²) in [6.07, 6.45) is -47.9. The van der Waals surface area contributed by atoms with E-state index in [1.165, 1.54) is 5.77 Å². The SMILES string of the molecule is FC(F)(F)c1cc([B-](c2cc(C(F)(F)F)cc(C(F)(F)F)c2)(c2cc(C(F)(F)F)cc(C(F)(F)F)c2)c2cc(C(F)(F)F)cc(C(F)(F)F)c2)cc(C(F)(F)F)c1.O=C(C=Cc1ccccc1)c1ccc([I+]c2ccc(C(=O)C=Cc3ccccc3)s2)s1. The molecule has 0 bridgehead atoms. The summed E-state index contributed by atoms with van der Waals surface area (Å²) in [7, 11) is 0. The van der Waals surface area contributed by atoms with Gasteiger partial charge in [-0.15, -0.1) is 0 Å². The number of thiophene rings is 2. The van der Waals surface area contributed by atoms with Gasteiger partial charge >= 0.3 is 70.6 Å². The molecule has 0 N–H and O–H groups in total. The molecule has 6 aromatic carbocycles. The molecule has 8 rings (SSSR count). The van der Waals surface area contributed by atoms with Gasteiger partial charge < -0.3 is 0 Å². The molecule has 0 saturated heterocycles. The van der Waals surface area contributed by atoms with Crippen LogP contribution in [0, 0.1) is 5.77 Å². The van der Waals surface area contributed by atoms with E-state index in [2.05, 4.69) is 0 Å². The lowest BCUT2D eigenvalue weighted by atomic mass is 9.12. The van der Waals surface area contributed by atoms with Crippen molar-refractivity contribution >= 4 is 74.4 Å². The van der Waals surface area contributed by atoms with E-state index >= 15 is 0 Å². The summed E-state index contributed by atoms with van der Waals surface area (Å²) in [4.78, 5) is 26.4. The molecule has 464 valence electrons. The molecular weight excluding hydrogens is 1390 g/mol. The maximum atomic E-state index is 14.2. The van der Waals surface area contributed by atoms with Crippen LogP contribution in [0.25, 0.3) is 12.2 Å². The minimum absolute atomic E-state index is 0.0252. The first-order valence-electron chi connectivity index (χ1n) is 24.2. The molecule has 88 heavy (non-hydrogen) atoms. The summed E-state index contributed by atoms with van der Waals surface area (Å²) in [5.74, 6) is 0.0504. The Kier molecular flexibility index (Phi) is 19.6. The van der Waals surface area contributed by atoms with Crippen LogP contribution in [0.4, 0.5) is 105 Å². The molecule has 0 atom stereocenters. The Bertz CT molecular complexity index is 3350. The predicted molar refractivity (Wildman–Crippen MR) is 276 cm³/mol.